The summed E-state index contributed by atoms with van der Waals surface area (Å²) < 4.78 is 5.47. The molecule has 0 N–H and O–H groups in total. The Balaban J connectivity index is 2.48. The lowest BCUT2D eigenvalue weighted by atomic mass is 9.90. The summed E-state index contributed by atoms with van der Waals surface area (Å²) in [5.74, 6) is -0.296. The second-order valence-electron chi connectivity index (χ2n) is 7.43. The molecule has 2 rings (SSSR count). The SMILES string of the molecule is CC1N=C(c2ccccc2)C(C(C)C)N(C(=O)OC(C)(C)C)C1=O. The van der Waals surface area contributed by atoms with Crippen molar-refractivity contribution in [2.45, 2.75) is 59.2 Å². The summed E-state index contributed by atoms with van der Waals surface area (Å²) >= 11 is 0. The van der Waals surface area contributed by atoms with Gasteiger partial charge in [-0.05, 0) is 39.2 Å². The first kappa shape index (κ1) is 18.2. The summed E-state index contributed by atoms with van der Waals surface area (Å²) in [6.45, 7) is 11.0. The Hall–Kier alpha value is -2.17. The molecule has 1 aromatic rings. The van der Waals surface area contributed by atoms with E-state index in [0.29, 0.717) is 0 Å². The Morgan fingerprint density at radius 2 is 1.79 bits per heavy atom. The summed E-state index contributed by atoms with van der Waals surface area (Å²) in [6, 6.07) is 8.63. The third-order valence-electron chi connectivity index (χ3n) is 3.78. The number of carbonyl (C=O) groups is 2. The minimum atomic E-state index is -0.663. The fourth-order valence-electron chi connectivity index (χ4n) is 2.78. The van der Waals surface area contributed by atoms with E-state index in [0.717, 1.165) is 11.3 Å². The van der Waals surface area contributed by atoms with Crippen LogP contribution in [0.25, 0.3) is 0 Å². The zero-order chi connectivity index (χ0) is 18.1. The van der Waals surface area contributed by atoms with Crippen molar-refractivity contribution in [3.8, 4) is 0 Å². The highest BCUT2D eigenvalue weighted by Gasteiger charge is 2.43. The molecule has 0 aliphatic carbocycles. The molecule has 5 nitrogen and oxygen atoms in total. The van der Waals surface area contributed by atoms with Gasteiger partial charge in [-0.15, -0.1) is 0 Å². The van der Waals surface area contributed by atoms with Gasteiger partial charge in [0.1, 0.15) is 11.6 Å². The minimum absolute atomic E-state index is 0.0212. The van der Waals surface area contributed by atoms with Gasteiger partial charge in [0.2, 0.25) is 0 Å². The number of amides is 2. The highest BCUT2D eigenvalue weighted by molar-refractivity contribution is 6.12. The van der Waals surface area contributed by atoms with E-state index >= 15 is 0 Å². The van der Waals surface area contributed by atoms with Gasteiger partial charge in [0, 0.05) is 0 Å². The average molecular weight is 330 g/mol. The molecule has 1 aliphatic rings. The molecular formula is C19H26N2O3. The first-order valence-corrected chi connectivity index (χ1v) is 8.31. The van der Waals surface area contributed by atoms with Crippen LogP contribution in [0.4, 0.5) is 4.79 Å². The molecule has 2 unspecified atom stereocenters. The number of nitrogens with zero attached hydrogens (tertiary/aromatic N) is 2. The maximum absolute atomic E-state index is 12.7. The Kier molecular flexibility index (Phi) is 5.11. The number of benzene rings is 1. The monoisotopic (exact) mass is 330 g/mol. The highest BCUT2D eigenvalue weighted by atomic mass is 16.6. The zero-order valence-electron chi connectivity index (χ0n) is 15.2. The van der Waals surface area contributed by atoms with Crippen molar-refractivity contribution >= 4 is 17.7 Å². The summed E-state index contributed by atoms with van der Waals surface area (Å²) in [5, 5.41) is 0. The summed E-state index contributed by atoms with van der Waals surface area (Å²) in [4.78, 5) is 31.2. The number of rotatable bonds is 2. The highest BCUT2D eigenvalue weighted by Crippen LogP contribution is 2.26. The first-order chi connectivity index (χ1) is 11.1. The summed E-state index contributed by atoms with van der Waals surface area (Å²) in [6.07, 6.45) is -0.610. The number of ether oxygens (including phenoxy) is 1. The largest absolute Gasteiger partial charge is 0.443 e. The van der Waals surface area contributed by atoms with E-state index in [4.69, 9.17) is 4.74 Å². The van der Waals surface area contributed by atoms with Crippen molar-refractivity contribution in [2.75, 3.05) is 0 Å². The standard InChI is InChI=1S/C19H26N2O3/c1-12(2)16-15(14-10-8-7-9-11-14)20-13(3)17(22)21(16)18(23)24-19(4,5)6/h7-13,16H,1-6H3. The number of hydrogen-bond donors (Lipinski definition) is 0. The second kappa shape index (κ2) is 6.75. The van der Waals surface area contributed by atoms with Gasteiger partial charge in [-0.2, -0.15) is 0 Å². The summed E-state index contributed by atoms with van der Waals surface area (Å²) in [5.41, 5.74) is 1.01. The molecule has 130 valence electrons. The molecular weight excluding hydrogens is 304 g/mol. The lowest BCUT2D eigenvalue weighted by molar-refractivity contribution is -0.133. The number of hydrogen-bond acceptors (Lipinski definition) is 4. The predicted molar refractivity (Wildman–Crippen MR) is 94.1 cm³/mol. The predicted octanol–water partition coefficient (Wildman–Crippen LogP) is 3.67. The van der Waals surface area contributed by atoms with E-state index in [1.165, 1.54) is 4.90 Å². The molecule has 0 fully saturated rings. The molecule has 1 aromatic carbocycles. The van der Waals surface area contributed by atoms with E-state index in [-0.39, 0.29) is 11.8 Å². The van der Waals surface area contributed by atoms with Crippen LogP contribution >= 0.6 is 0 Å². The van der Waals surface area contributed by atoms with Gasteiger partial charge in [0.15, 0.2) is 0 Å². The molecule has 0 saturated heterocycles. The smallest absolute Gasteiger partial charge is 0.417 e. The van der Waals surface area contributed by atoms with Gasteiger partial charge >= 0.3 is 6.09 Å². The molecule has 5 heteroatoms. The molecule has 0 aromatic heterocycles. The third kappa shape index (κ3) is 3.83. The Morgan fingerprint density at radius 3 is 2.29 bits per heavy atom. The molecule has 0 saturated carbocycles. The summed E-state index contributed by atoms with van der Waals surface area (Å²) in [7, 11) is 0. The van der Waals surface area contributed by atoms with E-state index in [1.54, 1.807) is 27.7 Å². The average Bonchev–Trinajstić information content (AvgIpc) is 2.48. The molecule has 0 bridgehead atoms. The maximum atomic E-state index is 12.7. The van der Waals surface area contributed by atoms with Crippen molar-refractivity contribution in [1.29, 1.82) is 0 Å². The second-order valence-corrected chi connectivity index (χ2v) is 7.43. The lowest BCUT2D eigenvalue weighted by Crippen LogP contribution is -2.58. The molecule has 1 heterocycles. The number of carbonyl (C=O) groups excluding carboxylic acids is 2. The Labute approximate surface area is 143 Å². The number of aliphatic imine (C=N–C) groups is 1. The quantitative estimate of drug-likeness (QED) is 0.831. The van der Waals surface area contributed by atoms with Gasteiger partial charge in [-0.25, -0.2) is 9.69 Å². The van der Waals surface area contributed by atoms with Gasteiger partial charge in [-0.3, -0.25) is 9.79 Å². The third-order valence-corrected chi connectivity index (χ3v) is 3.78. The minimum Gasteiger partial charge on any atom is -0.443 e. The van der Waals surface area contributed by atoms with Gasteiger partial charge in [0.05, 0.1) is 11.8 Å². The van der Waals surface area contributed by atoms with Crippen LogP contribution in [0, 0.1) is 5.92 Å². The Morgan fingerprint density at radius 1 is 1.21 bits per heavy atom. The van der Waals surface area contributed by atoms with Gasteiger partial charge in [0.25, 0.3) is 5.91 Å². The van der Waals surface area contributed by atoms with Crippen LogP contribution in [0.15, 0.2) is 35.3 Å². The van der Waals surface area contributed by atoms with Crippen LogP contribution in [-0.2, 0) is 9.53 Å². The van der Waals surface area contributed by atoms with Gasteiger partial charge in [-0.1, -0.05) is 44.2 Å². The van der Waals surface area contributed by atoms with E-state index in [9.17, 15) is 9.59 Å². The van der Waals surface area contributed by atoms with E-state index < -0.39 is 23.8 Å². The lowest BCUT2D eigenvalue weighted by Gasteiger charge is -2.39. The van der Waals surface area contributed by atoms with Gasteiger partial charge < -0.3 is 4.74 Å². The van der Waals surface area contributed by atoms with Crippen molar-refractivity contribution in [3.05, 3.63) is 35.9 Å². The number of imide groups is 1. The Bertz CT molecular complexity index is 644. The van der Waals surface area contributed by atoms with Crippen LogP contribution in [-0.4, -0.2) is 40.3 Å². The van der Waals surface area contributed by atoms with Crippen LogP contribution < -0.4 is 0 Å². The van der Waals surface area contributed by atoms with Crippen molar-refractivity contribution < 1.29 is 14.3 Å². The normalized spacial score (nSPS) is 21.7. The van der Waals surface area contributed by atoms with Crippen LogP contribution in [0.5, 0.6) is 0 Å². The molecule has 1 aliphatic heterocycles. The molecule has 2 atom stereocenters. The first-order valence-electron chi connectivity index (χ1n) is 8.31. The van der Waals surface area contributed by atoms with Crippen molar-refractivity contribution in [3.63, 3.8) is 0 Å². The molecule has 2 amide bonds. The van der Waals surface area contributed by atoms with E-state index in [2.05, 4.69) is 4.99 Å². The van der Waals surface area contributed by atoms with Crippen LogP contribution in [0.1, 0.15) is 47.1 Å². The fourth-order valence-corrected chi connectivity index (χ4v) is 2.78. The topological polar surface area (TPSA) is 59.0 Å². The fraction of sp³-hybridized carbons (Fsp3) is 0.526. The van der Waals surface area contributed by atoms with Crippen molar-refractivity contribution in [2.24, 2.45) is 10.9 Å². The maximum Gasteiger partial charge on any atom is 0.417 e. The van der Waals surface area contributed by atoms with Crippen molar-refractivity contribution in [1.82, 2.24) is 4.90 Å². The van der Waals surface area contributed by atoms with Crippen LogP contribution in [0.3, 0.4) is 0 Å². The molecule has 24 heavy (non-hydrogen) atoms. The van der Waals surface area contributed by atoms with Crippen LogP contribution in [0.2, 0.25) is 0 Å². The van der Waals surface area contributed by atoms with E-state index in [1.807, 2.05) is 44.2 Å². The molecule has 0 spiro atoms. The zero-order valence-corrected chi connectivity index (χ0v) is 15.2. The molecule has 0 radical (unpaired) electrons.